The van der Waals surface area contributed by atoms with E-state index in [1.165, 1.54) is 11.1 Å². The summed E-state index contributed by atoms with van der Waals surface area (Å²) in [6.07, 6.45) is 3.17. The van der Waals surface area contributed by atoms with Crippen LogP contribution in [-0.2, 0) is 0 Å². The zero-order chi connectivity index (χ0) is 13.4. The zero-order valence-electron chi connectivity index (χ0n) is 10.8. The molecule has 0 saturated heterocycles. The van der Waals surface area contributed by atoms with Gasteiger partial charge < -0.3 is 5.11 Å². The minimum Gasteiger partial charge on any atom is -0.493 e. The predicted octanol–water partition coefficient (Wildman–Crippen LogP) is 3.01. The Balaban J connectivity index is 2.29. The third-order valence-corrected chi connectivity index (χ3v) is 3.27. The summed E-state index contributed by atoms with van der Waals surface area (Å²) in [6.45, 7) is 4.14. The lowest BCUT2D eigenvalue weighted by atomic mass is 10.0. The number of hydrogen-bond acceptors (Lipinski definition) is 4. The number of hydrogen-bond donors (Lipinski definition) is 1. The third-order valence-electron chi connectivity index (χ3n) is 3.27. The predicted molar refractivity (Wildman–Crippen MR) is 73.9 cm³/mol. The molecule has 0 aliphatic carbocycles. The van der Waals surface area contributed by atoms with Gasteiger partial charge in [-0.25, -0.2) is 15.0 Å². The van der Waals surface area contributed by atoms with E-state index < -0.39 is 0 Å². The monoisotopic (exact) mass is 251 g/mol. The van der Waals surface area contributed by atoms with Crippen molar-refractivity contribution in [2.75, 3.05) is 0 Å². The van der Waals surface area contributed by atoms with Gasteiger partial charge in [0, 0.05) is 23.2 Å². The molecule has 0 saturated carbocycles. The molecule has 4 nitrogen and oxygen atoms in total. The van der Waals surface area contributed by atoms with Gasteiger partial charge in [0.25, 0.3) is 0 Å². The highest BCUT2D eigenvalue weighted by Gasteiger charge is 2.08. The highest BCUT2D eigenvalue weighted by atomic mass is 16.3. The van der Waals surface area contributed by atoms with Crippen LogP contribution >= 0.6 is 0 Å². The molecule has 1 aromatic carbocycles. The Hall–Kier alpha value is -2.49. The smallest absolute Gasteiger partial charge is 0.210 e. The molecule has 0 amide bonds. The van der Waals surface area contributed by atoms with Crippen molar-refractivity contribution in [1.82, 2.24) is 15.0 Å². The minimum absolute atomic E-state index is 0.00846. The van der Waals surface area contributed by atoms with Gasteiger partial charge in [0.1, 0.15) is 6.33 Å². The number of pyridine rings is 1. The van der Waals surface area contributed by atoms with Gasteiger partial charge in [0.05, 0.1) is 11.2 Å². The first kappa shape index (κ1) is 11.6. The number of aromatic hydroxyl groups is 1. The normalized spacial score (nSPS) is 10.8. The van der Waals surface area contributed by atoms with Crippen molar-refractivity contribution in [1.29, 1.82) is 0 Å². The summed E-state index contributed by atoms with van der Waals surface area (Å²) >= 11 is 0. The molecule has 3 rings (SSSR count). The Bertz CT molecular complexity index is 751. The van der Waals surface area contributed by atoms with E-state index in [1.807, 2.05) is 0 Å². The topological polar surface area (TPSA) is 58.9 Å². The van der Waals surface area contributed by atoms with Crippen LogP contribution in [0.25, 0.3) is 22.2 Å². The Morgan fingerprint density at radius 2 is 1.74 bits per heavy atom. The van der Waals surface area contributed by atoms with Crippen molar-refractivity contribution in [2.24, 2.45) is 0 Å². The van der Waals surface area contributed by atoms with Gasteiger partial charge in [-0.1, -0.05) is 0 Å². The Morgan fingerprint density at radius 3 is 2.47 bits per heavy atom. The van der Waals surface area contributed by atoms with E-state index in [9.17, 15) is 5.11 Å². The maximum Gasteiger partial charge on any atom is 0.210 e. The lowest BCUT2D eigenvalue weighted by molar-refractivity contribution is 0.453. The highest BCUT2D eigenvalue weighted by molar-refractivity contribution is 5.92. The lowest BCUT2D eigenvalue weighted by Gasteiger charge is -2.07. The standard InChI is InChI=1S/C15H13N3O/c1-9-5-12-13(6-10(9)2)17-8-18-15(12)11-3-4-14(19)16-7-11/h3-8H,1-2H3,(H,16,19). The van der Waals surface area contributed by atoms with Crippen molar-refractivity contribution >= 4 is 10.9 Å². The molecule has 0 fully saturated rings. The van der Waals surface area contributed by atoms with Crippen molar-refractivity contribution in [3.8, 4) is 17.1 Å². The number of aromatic nitrogens is 3. The molecule has 19 heavy (non-hydrogen) atoms. The van der Waals surface area contributed by atoms with Gasteiger partial charge in [-0.15, -0.1) is 0 Å². The SMILES string of the molecule is Cc1cc2ncnc(-c3ccc(O)nc3)c2cc1C. The van der Waals surface area contributed by atoms with Crippen LogP contribution in [0.4, 0.5) is 0 Å². The number of aryl methyl sites for hydroxylation is 2. The number of benzene rings is 1. The highest BCUT2D eigenvalue weighted by Crippen LogP contribution is 2.27. The molecular formula is C15H13N3O. The van der Waals surface area contributed by atoms with Crippen LogP contribution < -0.4 is 0 Å². The molecule has 0 spiro atoms. The quantitative estimate of drug-likeness (QED) is 0.722. The lowest BCUT2D eigenvalue weighted by Crippen LogP contribution is -1.92. The number of nitrogens with zero attached hydrogens (tertiary/aromatic N) is 3. The van der Waals surface area contributed by atoms with E-state index in [-0.39, 0.29) is 5.88 Å². The van der Waals surface area contributed by atoms with E-state index in [2.05, 4.69) is 40.9 Å². The van der Waals surface area contributed by atoms with Crippen LogP contribution in [0.2, 0.25) is 0 Å². The van der Waals surface area contributed by atoms with Crippen molar-refractivity contribution < 1.29 is 5.11 Å². The van der Waals surface area contributed by atoms with Crippen LogP contribution in [0.15, 0.2) is 36.8 Å². The van der Waals surface area contributed by atoms with Crippen molar-refractivity contribution in [3.63, 3.8) is 0 Å². The fourth-order valence-electron chi connectivity index (χ4n) is 2.07. The molecule has 3 aromatic rings. The molecule has 2 aromatic heterocycles. The summed E-state index contributed by atoms with van der Waals surface area (Å²) in [5.41, 5.74) is 5.03. The maximum absolute atomic E-state index is 9.25. The van der Waals surface area contributed by atoms with E-state index >= 15 is 0 Å². The van der Waals surface area contributed by atoms with Crippen LogP contribution in [0.1, 0.15) is 11.1 Å². The Kier molecular flexibility index (Phi) is 2.63. The second kappa shape index (κ2) is 4.31. The first-order valence-corrected chi connectivity index (χ1v) is 6.02. The largest absolute Gasteiger partial charge is 0.493 e. The minimum atomic E-state index is 0.00846. The van der Waals surface area contributed by atoms with Gasteiger partial charge in [-0.2, -0.15) is 0 Å². The maximum atomic E-state index is 9.25. The van der Waals surface area contributed by atoms with Crippen molar-refractivity contribution in [3.05, 3.63) is 47.9 Å². The average molecular weight is 251 g/mol. The zero-order valence-corrected chi connectivity index (χ0v) is 10.8. The summed E-state index contributed by atoms with van der Waals surface area (Å²) in [5.74, 6) is 0.00846. The summed E-state index contributed by atoms with van der Waals surface area (Å²) in [5, 5.41) is 10.3. The molecule has 4 heteroatoms. The van der Waals surface area contributed by atoms with E-state index in [0.29, 0.717) is 0 Å². The molecule has 1 N–H and O–H groups in total. The molecule has 0 radical (unpaired) electrons. The van der Waals surface area contributed by atoms with Gasteiger partial charge in [0.2, 0.25) is 5.88 Å². The first-order valence-electron chi connectivity index (χ1n) is 6.02. The summed E-state index contributed by atoms with van der Waals surface area (Å²) in [6, 6.07) is 7.51. The Morgan fingerprint density at radius 1 is 0.947 bits per heavy atom. The van der Waals surface area contributed by atoms with Gasteiger partial charge in [0.15, 0.2) is 0 Å². The summed E-state index contributed by atoms with van der Waals surface area (Å²) in [7, 11) is 0. The number of fused-ring (bicyclic) bond motifs is 1. The molecular weight excluding hydrogens is 238 g/mol. The van der Waals surface area contributed by atoms with Crippen molar-refractivity contribution in [2.45, 2.75) is 13.8 Å². The fourth-order valence-corrected chi connectivity index (χ4v) is 2.07. The number of rotatable bonds is 1. The van der Waals surface area contributed by atoms with Gasteiger partial charge >= 0.3 is 0 Å². The second-order valence-corrected chi connectivity index (χ2v) is 4.58. The molecule has 94 valence electrons. The molecule has 2 heterocycles. The molecule has 0 bridgehead atoms. The summed E-state index contributed by atoms with van der Waals surface area (Å²) < 4.78 is 0. The third kappa shape index (κ3) is 2.01. The van der Waals surface area contributed by atoms with E-state index in [0.717, 1.165) is 22.2 Å². The van der Waals surface area contributed by atoms with Crippen LogP contribution in [0, 0.1) is 13.8 Å². The molecule has 0 unspecified atom stereocenters. The average Bonchev–Trinajstić information content (AvgIpc) is 2.41. The molecule has 0 aliphatic rings. The molecule has 0 atom stereocenters. The second-order valence-electron chi connectivity index (χ2n) is 4.58. The fraction of sp³-hybridized carbons (Fsp3) is 0.133. The van der Waals surface area contributed by atoms with E-state index in [1.54, 1.807) is 24.7 Å². The summed E-state index contributed by atoms with van der Waals surface area (Å²) in [4.78, 5) is 12.5. The van der Waals surface area contributed by atoms with Gasteiger partial charge in [-0.05, 0) is 43.2 Å². The van der Waals surface area contributed by atoms with E-state index in [4.69, 9.17) is 0 Å². The van der Waals surface area contributed by atoms with Crippen LogP contribution in [0.3, 0.4) is 0 Å². The first-order chi connectivity index (χ1) is 9.15. The Labute approximate surface area is 110 Å². The van der Waals surface area contributed by atoms with Gasteiger partial charge in [-0.3, -0.25) is 0 Å². The molecule has 0 aliphatic heterocycles. The van der Waals surface area contributed by atoms with Crippen LogP contribution in [0.5, 0.6) is 5.88 Å². The van der Waals surface area contributed by atoms with Crippen LogP contribution in [-0.4, -0.2) is 20.1 Å².